The third-order valence-electron chi connectivity index (χ3n) is 4.68. The van der Waals surface area contributed by atoms with Crippen LogP contribution in [-0.4, -0.2) is 25.3 Å². The Kier molecular flexibility index (Phi) is 3.73. The summed E-state index contributed by atoms with van der Waals surface area (Å²) in [7, 11) is -3.94. The highest BCUT2D eigenvalue weighted by molar-refractivity contribution is 7.85. The van der Waals surface area contributed by atoms with Gasteiger partial charge in [-0.1, -0.05) is 56.8 Å². The van der Waals surface area contributed by atoms with E-state index in [1.807, 2.05) is 12.1 Å². The minimum Gasteiger partial charge on any atom is -0.344 e. The molecule has 5 heteroatoms. The van der Waals surface area contributed by atoms with Crippen LogP contribution in [0.5, 0.6) is 0 Å². The Morgan fingerprint density at radius 3 is 2.57 bits per heavy atom. The Morgan fingerprint density at radius 1 is 1.17 bits per heavy atom. The molecule has 0 saturated heterocycles. The first-order valence-corrected chi connectivity index (χ1v) is 9.27. The highest BCUT2D eigenvalue weighted by Crippen LogP contribution is 2.49. The summed E-state index contributed by atoms with van der Waals surface area (Å²) in [6.45, 7) is 9.02. The molecule has 0 saturated carbocycles. The molecule has 23 heavy (non-hydrogen) atoms. The van der Waals surface area contributed by atoms with Crippen molar-refractivity contribution < 1.29 is 13.0 Å². The van der Waals surface area contributed by atoms with Crippen molar-refractivity contribution in [1.82, 2.24) is 0 Å². The summed E-state index contributed by atoms with van der Waals surface area (Å²) in [5.74, 6) is -0.239. The number of nitrogens with zero attached hydrogens (tertiary/aromatic N) is 1. The molecule has 0 spiro atoms. The van der Waals surface area contributed by atoms with Crippen molar-refractivity contribution in [3.05, 3.63) is 54.2 Å². The van der Waals surface area contributed by atoms with Gasteiger partial charge in [-0.15, -0.1) is 0 Å². The number of allylic oxidation sites excluding steroid dienone is 1. The first kappa shape index (κ1) is 16.0. The van der Waals surface area contributed by atoms with Crippen LogP contribution in [0.25, 0.3) is 10.8 Å². The van der Waals surface area contributed by atoms with E-state index in [2.05, 4.69) is 49.6 Å². The average molecular weight is 331 g/mol. The molecule has 2 aromatic rings. The van der Waals surface area contributed by atoms with Crippen molar-refractivity contribution in [2.45, 2.75) is 25.7 Å². The topological polar surface area (TPSA) is 57.6 Å². The third kappa shape index (κ3) is 2.75. The molecule has 0 atom stereocenters. The smallest absolute Gasteiger partial charge is 0.264 e. The van der Waals surface area contributed by atoms with Crippen molar-refractivity contribution in [3.8, 4) is 0 Å². The van der Waals surface area contributed by atoms with Crippen LogP contribution in [0, 0.1) is 0 Å². The summed E-state index contributed by atoms with van der Waals surface area (Å²) < 4.78 is 30.9. The van der Waals surface area contributed by atoms with Crippen LogP contribution in [-0.2, 0) is 15.5 Å². The molecular weight excluding hydrogens is 310 g/mol. The Labute approximate surface area is 137 Å². The van der Waals surface area contributed by atoms with Gasteiger partial charge in [-0.25, -0.2) is 0 Å². The summed E-state index contributed by atoms with van der Waals surface area (Å²) in [6.07, 6.45) is 0.358. The van der Waals surface area contributed by atoms with Gasteiger partial charge in [0.2, 0.25) is 0 Å². The number of benzene rings is 2. The first-order chi connectivity index (χ1) is 10.7. The molecule has 0 aromatic heterocycles. The fraction of sp³-hybridized carbons (Fsp3) is 0.333. The summed E-state index contributed by atoms with van der Waals surface area (Å²) in [4.78, 5) is 2.10. The lowest BCUT2D eigenvalue weighted by Crippen LogP contribution is -2.27. The predicted molar refractivity (Wildman–Crippen MR) is 94.5 cm³/mol. The van der Waals surface area contributed by atoms with E-state index in [1.165, 1.54) is 5.56 Å². The van der Waals surface area contributed by atoms with Gasteiger partial charge in [0.1, 0.15) is 0 Å². The van der Waals surface area contributed by atoms with E-state index in [9.17, 15) is 8.42 Å². The van der Waals surface area contributed by atoms with E-state index < -0.39 is 10.1 Å². The molecule has 3 rings (SSSR count). The maximum atomic E-state index is 11.0. The third-order valence-corrected chi connectivity index (χ3v) is 5.48. The van der Waals surface area contributed by atoms with E-state index in [-0.39, 0.29) is 11.2 Å². The molecule has 0 amide bonds. The Morgan fingerprint density at radius 2 is 1.87 bits per heavy atom. The number of hydrogen-bond donors (Lipinski definition) is 1. The van der Waals surface area contributed by atoms with E-state index in [4.69, 9.17) is 4.55 Å². The highest BCUT2D eigenvalue weighted by atomic mass is 32.2. The minimum absolute atomic E-state index is 0.197. The molecule has 0 unspecified atom stereocenters. The van der Waals surface area contributed by atoms with Crippen molar-refractivity contribution >= 4 is 26.6 Å². The maximum absolute atomic E-state index is 11.0. The van der Waals surface area contributed by atoms with Crippen molar-refractivity contribution in [3.63, 3.8) is 0 Å². The fourth-order valence-corrected chi connectivity index (χ4v) is 3.82. The Balaban J connectivity index is 2.06. The molecule has 2 aromatic carbocycles. The molecule has 1 heterocycles. The normalized spacial score (nSPS) is 16.8. The second-order valence-corrected chi connectivity index (χ2v) is 8.12. The summed E-state index contributed by atoms with van der Waals surface area (Å²) in [5.41, 5.74) is 3.07. The summed E-state index contributed by atoms with van der Waals surface area (Å²) in [6, 6.07) is 12.4. The van der Waals surface area contributed by atoms with Crippen LogP contribution in [0.3, 0.4) is 0 Å². The molecular formula is C18H21NO3S. The van der Waals surface area contributed by atoms with Gasteiger partial charge in [-0.2, -0.15) is 8.42 Å². The molecule has 0 fully saturated rings. The fourth-order valence-electron chi connectivity index (χ4n) is 3.33. The largest absolute Gasteiger partial charge is 0.344 e. The van der Waals surface area contributed by atoms with Crippen LogP contribution in [0.1, 0.15) is 25.8 Å². The minimum atomic E-state index is -3.94. The van der Waals surface area contributed by atoms with E-state index >= 15 is 0 Å². The van der Waals surface area contributed by atoms with Crippen molar-refractivity contribution in [2.24, 2.45) is 0 Å². The lowest BCUT2D eigenvalue weighted by Gasteiger charge is -2.26. The van der Waals surface area contributed by atoms with Gasteiger partial charge in [0.05, 0.1) is 11.4 Å². The van der Waals surface area contributed by atoms with Gasteiger partial charge in [0, 0.05) is 23.0 Å². The first-order valence-electron chi connectivity index (χ1n) is 7.66. The average Bonchev–Trinajstić information content (AvgIpc) is 2.67. The number of fused-ring (bicyclic) bond motifs is 3. The molecule has 0 aliphatic carbocycles. The van der Waals surface area contributed by atoms with Crippen molar-refractivity contribution in [1.29, 1.82) is 0 Å². The van der Waals surface area contributed by atoms with Crippen LogP contribution in [0.15, 0.2) is 48.7 Å². The quantitative estimate of drug-likeness (QED) is 0.867. The maximum Gasteiger partial charge on any atom is 0.264 e. The zero-order valence-electron chi connectivity index (χ0n) is 13.4. The van der Waals surface area contributed by atoms with Gasteiger partial charge in [-0.3, -0.25) is 4.55 Å². The molecule has 1 aliphatic heterocycles. The summed E-state index contributed by atoms with van der Waals surface area (Å²) in [5, 5.41) is 2.29. The van der Waals surface area contributed by atoms with Gasteiger partial charge in [-0.05, 0) is 17.4 Å². The van der Waals surface area contributed by atoms with Gasteiger partial charge in [0.15, 0.2) is 0 Å². The highest BCUT2D eigenvalue weighted by Gasteiger charge is 2.39. The standard InChI is InChI=1S/C18H21NO3S/c1-13-18(2,3)16-10-9-14-7-4-5-8-15(14)17(16)19(13)11-6-12-23(20,21)22/h4-5,7-10H,1,6,11-12H2,2-3H3,(H,20,21,22). The molecule has 0 bridgehead atoms. The molecule has 122 valence electrons. The second kappa shape index (κ2) is 5.35. The van der Waals surface area contributed by atoms with Crippen LogP contribution in [0.4, 0.5) is 5.69 Å². The Hall–Kier alpha value is -1.85. The SMILES string of the molecule is C=C1N(CCCS(=O)(=O)O)c2c(ccc3ccccc23)C1(C)C. The zero-order valence-corrected chi connectivity index (χ0v) is 14.2. The molecule has 1 N–H and O–H groups in total. The van der Waals surface area contributed by atoms with Crippen LogP contribution < -0.4 is 4.90 Å². The summed E-state index contributed by atoms with van der Waals surface area (Å²) >= 11 is 0. The lowest BCUT2D eigenvalue weighted by atomic mass is 9.84. The monoisotopic (exact) mass is 331 g/mol. The molecule has 0 radical (unpaired) electrons. The Bertz CT molecular complexity index is 884. The lowest BCUT2D eigenvalue weighted by molar-refractivity contribution is 0.481. The van der Waals surface area contributed by atoms with Gasteiger partial charge >= 0.3 is 0 Å². The van der Waals surface area contributed by atoms with Gasteiger partial charge in [0.25, 0.3) is 10.1 Å². The zero-order chi connectivity index (χ0) is 16.8. The second-order valence-electron chi connectivity index (χ2n) is 6.55. The molecule has 1 aliphatic rings. The van der Waals surface area contributed by atoms with E-state index in [0.717, 1.165) is 22.2 Å². The van der Waals surface area contributed by atoms with Crippen LogP contribution >= 0.6 is 0 Å². The van der Waals surface area contributed by atoms with Crippen LogP contribution in [0.2, 0.25) is 0 Å². The van der Waals surface area contributed by atoms with Gasteiger partial charge < -0.3 is 4.90 Å². The number of hydrogen-bond acceptors (Lipinski definition) is 3. The van der Waals surface area contributed by atoms with Crippen molar-refractivity contribution in [2.75, 3.05) is 17.2 Å². The number of anilines is 1. The number of rotatable bonds is 4. The molecule has 4 nitrogen and oxygen atoms in total. The van der Waals surface area contributed by atoms with E-state index in [1.54, 1.807) is 0 Å². The van der Waals surface area contributed by atoms with E-state index in [0.29, 0.717) is 13.0 Å². The predicted octanol–water partition coefficient (Wildman–Crippen LogP) is 3.73.